The number of aryl methyl sites for hydroxylation is 1. The Morgan fingerprint density at radius 3 is 2.27 bits per heavy atom. The van der Waals surface area contributed by atoms with Crippen LogP contribution in [0.5, 0.6) is 11.5 Å². The summed E-state index contributed by atoms with van der Waals surface area (Å²) in [6.07, 6.45) is 5.13. The number of nitrogens with zero attached hydrogens (tertiary/aromatic N) is 6. The number of hydrogen-bond acceptors (Lipinski definition) is 9. The lowest BCUT2D eigenvalue weighted by molar-refractivity contribution is 0.390. The molecule has 0 saturated carbocycles. The summed E-state index contributed by atoms with van der Waals surface area (Å²) >= 11 is 0. The van der Waals surface area contributed by atoms with Gasteiger partial charge >= 0.3 is 0 Å². The Hall–Kier alpha value is -3.97. The highest BCUT2D eigenvalue weighted by Crippen LogP contribution is 2.37. The summed E-state index contributed by atoms with van der Waals surface area (Å²) < 4.78 is 51.8. The molecule has 0 aliphatic heterocycles. The molecular weight excluding hydrogens is 501 g/mol. The van der Waals surface area contributed by atoms with E-state index in [-0.39, 0.29) is 18.1 Å². The molecule has 2 unspecified atom stereocenters. The number of sulfonamides is 1. The molecule has 1 aromatic carbocycles. The van der Waals surface area contributed by atoms with Crippen LogP contribution in [0.1, 0.15) is 30.1 Å². The zero-order valence-corrected chi connectivity index (χ0v) is 21.5. The van der Waals surface area contributed by atoms with Gasteiger partial charge in [0, 0.05) is 30.3 Å². The van der Waals surface area contributed by atoms with Crippen molar-refractivity contribution in [2.24, 2.45) is 5.14 Å². The van der Waals surface area contributed by atoms with Crippen molar-refractivity contribution in [1.29, 1.82) is 0 Å². The minimum Gasteiger partial charge on any atom is -0.494 e. The number of para-hydroxylation sites is 1. The van der Waals surface area contributed by atoms with Crippen molar-refractivity contribution in [3.8, 4) is 28.6 Å². The van der Waals surface area contributed by atoms with E-state index in [4.69, 9.17) is 14.6 Å². The molecule has 194 valence electrons. The predicted molar refractivity (Wildman–Crippen MR) is 133 cm³/mol. The monoisotopic (exact) mass is 527 g/mol. The van der Waals surface area contributed by atoms with Crippen LogP contribution in [0.15, 0.2) is 49.1 Å². The maximum atomic E-state index is 13.4. The summed E-state index contributed by atoms with van der Waals surface area (Å²) in [6, 6.07) is 7.13. The minimum absolute atomic E-state index is 0.129. The Morgan fingerprint density at radius 2 is 1.70 bits per heavy atom. The van der Waals surface area contributed by atoms with Crippen LogP contribution in [0.2, 0.25) is 0 Å². The molecule has 3 aromatic heterocycles. The Bertz CT molecular complexity index is 1490. The minimum atomic E-state index is -4.14. The van der Waals surface area contributed by atoms with Gasteiger partial charge in [0.05, 0.1) is 31.9 Å². The number of halogens is 1. The standard InChI is InChI=1S/C24H26FN7O4S/c1-14-8-16(11-27-10-14)24-31-30-21(32(24)22-18(35-3)6-5-7-19(22)36-4)9-20(37(26,33)34)15(2)23-28-12-17(25)13-29-23/h5-8,10-13,15,20H,9H2,1-4H3,(H2,26,33,34). The summed E-state index contributed by atoms with van der Waals surface area (Å²) in [5.74, 6) is 0.269. The van der Waals surface area contributed by atoms with Crippen LogP contribution < -0.4 is 14.6 Å². The number of aromatic nitrogens is 6. The summed E-state index contributed by atoms with van der Waals surface area (Å²) in [7, 11) is -1.12. The highest BCUT2D eigenvalue weighted by Gasteiger charge is 2.34. The number of nitrogens with two attached hydrogens (primary N) is 1. The molecule has 0 aliphatic carbocycles. The average molecular weight is 528 g/mol. The lowest BCUT2D eigenvalue weighted by atomic mass is 10.0. The van der Waals surface area contributed by atoms with Crippen molar-refractivity contribution in [3.63, 3.8) is 0 Å². The summed E-state index contributed by atoms with van der Waals surface area (Å²) in [5, 5.41) is 13.2. The number of ether oxygens (including phenoxy) is 2. The first-order valence-electron chi connectivity index (χ1n) is 11.2. The van der Waals surface area contributed by atoms with Crippen molar-refractivity contribution >= 4 is 10.0 Å². The third-order valence-corrected chi connectivity index (χ3v) is 7.32. The largest absolute Gasteiger partial charge is 0.494 e. The van der Waals surface area contributed by atoms with Crippen molar-refractivity contribution in [3.05, 3.63) is 72.1 Å². The van der Waals surface area contributed by atoms with Crippen LogP contribution in [0, 0.1) is 12.7 Å². The number of hydrogen-bond donors (Lipinski definition) is 1. The van der Waals surface area contributed by atoms with Gasteiger partial charge in [0.2, 0.25) is 10.0 Å². The van der Waals surface area contributed by atoms with Crippen LogP contribution >= 0.6 is 0 Å². The van der Waals surface area contributed by atoms with Gasteiger partial charge in [0.25, 0.3) is 0 Å². The third-order valence-electron chi connectivity index (χ3n) is 5.90. The maximum Gasteiger partial charge on any atom is 0.213 e. The van der Waals surface area contributed by atoms with Gasteiger partial charge in [-0.05, 0) is 30.7 Å². The quantitative estimate of drug-likeness (QED) is 0.347. The lowest BCUT2D eigenvalue weighted by Gasteiger charge is -2.22. The van der Waals surface area contributed by atoms with E-state index in [0.29, 0.717) is 28.6 Å². The molecule has 37 heavy (non-hydrogen) atoms. The fraction of sp³-hybridized carbons (Fsp3) is 0.292. The van der Waals surface area contributed by atoms with E-state index < -0.39 is 27.0 Å². The molecule has 0 saturated heterocycles. The first kappa shape index (κ1) is 26.1. The van der Waals surface area contributed by atoms with Gasteiger partial charge in [-0.3, -0.25) is 9.55 Å². The summed E-state index contributed by atoms with van der Waals surface area (Å²) in [4.78, 5) is 12.2. The first-order valence-corrected chi connectivity index (χ1v) is 12.8. The SMILES string of the molecule is COc1cccc(OC)c1-n1c(CC(C(C)c2ncc(F)cn2)S(N)(=O)=O)nnc1-c1cncc(C)c1. The second kappa shape index (κ2) is 10.6. The second-order valence-corrected chi connectivity index (χ2v) is 10.2. The van der Waals surface area contributed by atoms with Gasteiger partial charge in [-0.1, -0.05) is 13.0 Å². The van der Waals surface area contributed by atoms with Crippen molar-refractivity contribution in [2.75, 3.05) is 14.2 Å². The molecular formula is C24H26FN7O4S. The highest BCUT2D eigenvalue weighted by atomic mass is 32.2. The Balaban J connectivity index is 1.92. The summed E-state index contributed by atoms with van der Waals surface area (Å²) in [5.41, 5.74) is 2.02. The Kier molecular flexibility index (Phi) is 7.45. The van der Waals surface area contributed by atoms with Crippen molar-refractivity contribution < 1.29 is 22.3 Å². The normalized spacial score (nSPS) is 13.2. The first-order chi connectivity index (χ1) is 17.6. The van der Waals surface area contributed by atoms with Crippen LogP contribution in [-0.2, 0) is 16.4 Å². The number of methoxy groups -OCH3 is 2. The molecule has 0 fully saturated rings. The van der Waals surface area contributed by atoms with Gasteiger partial charge in [0.15, 0.2) is 11.6 Å². The maximum absolute atomic E-state index is 13.4. The molecule has 0 bridgehead atoms. The van der Waals surface area contributed by atoms with Crippen LogP contribution in [0.25, 0.3) is 17.1 Å². The lowest BCUT2D eigenvalue weighted by Crippen LogP contribution is -2.36. The molecule has 11 nitrogen and oxygen atoms in total. The Morgan fingerprint density at radius 1 is 1.05 bits per heavy atom. The van der Waals surface area contributed by atoms with Gasteiger partial charge in [-0.2, -0.15) is 0 Å². The van der Waals surface area contributed by atoms with Gasteiger partial charge in [-0.15, -0.1) is 10.2 Å². The molecule has 2 N–H and O–H groups in total. The van der Waals surface area contributed by atoms with E-state index in [0.717, 1.165) is 18.0 Å². The van der Waals surface area contributed by atoms with E-state index >= 15 is 0 Å². The summed E-state index contributed by atoms with van der Waals surface area (Å²) in [6.45, 7) is 3.50. The van der Waals surface area contributed by atoms with Crippen molar-refractivity contribution in [2.45, 2.75) is 31.4 Å². The fourth-order valence-corrected chi connectivity index (χ4v) is 5.15. The number of benzene rings is 1. The van der Waals surface area contributed by atoms with Gasteiger partial charge in [-0.25, -0.2) is 27.9 Å². The zero-order chi connectivity index (χ0) is 26.7. The molecule has 0 amide bonds. The topological polar surface area (TPSA) is 148 Å². The van der Waals surface area contributed by atoms with Gasteiger partial charge < -0.3 is 9.47 Å². The van der Waals surface area contributed by atoms with Gasteiger partial charge in [0.1, 0.15) is 28.8 Å². The number of primary sulfonamides is 1. The van der Waals surface area contributed by atoms with Crippen molar-refractivity contribution in [1.82, 2.24) is 29.7 Å². The second-order valence-electron chi connectivity index (χ2n) is 8.42. The average Bonchev–Trinajstić information content (AvgIpc) is 3.29. The van der Waals surface area contributed by atoms with Crippen LogP contribution in [0.4, 0.5) is 4.39 Å². The number of rotatable bonds is 9. The third kappa shape index (κ3) is 5.42. The molecule has 4 aromatic rings. The van der Waals surface area contributed by atoms with E-state index in [9.17, 15) is 12.8 Å². The molecule has 4 rings (SSSR count). The van der Waals surface area contributed by atoms with E-state index in [1.165, 1.54) is 14.2 Å². The molecule has 0 aliphatic rings. The molecule has 0 spiro atoms. The molecule has 2 atom stereocenters. The number of pyridine rings is 1. The van der Waals surface area contributed by atoms with E-state index in [1.54, 1.807) is 42.1 Å². The predicted octanol–water partition coefficient (Wildman–Crippen LogP) is 2.59. The van der Waals surface area contributed by atoms with E-state index in [1.807, 2.05) is 13.0 Å². The Labute approximate surface area is 213 Å². The smallest absolute Gasteiger partial charge is 0.213 e. The molecule has 13 heteroatoms. The zero-order valence-electron chi connectivity index (χ0n) is 20.7. The van der Waals surface area contributed by atoms with E-state index in [2.05, 4.69) is 25.1 Å². The molecule has 3 heterocycles. The molecule has 0 radical (unpaired) electrons. The highest BCUT2D eigenvalue weighted by molar-refractivity contribution is 7.89. The van der Waals surface area contributed by atoms with Crippen LogP contribution in [0.3, 0.4) is 0 Å². The fourth-order valence-electron chi connectivity index (χ4n) is 4.08. The van der Waals surface area contributed by atoms with Crippen LogP contribution in [-0.4, -0.2) is 57.6 Å².